The van der Waals surface area contributed by atoms with Crippen molar-refractivity contribution in [1.29, 1.82) is 0 Å². The van der Waals surface area contributed by atoms with E-state index in [4.69, 9.17) is 14.2 Å². The Morgan fingerprint density at radius 3 is 0.914 bits per heavy atom. The number of esters is 3. The van der Waals surface area contributed by atoms with E-state index in [0.29, 0.717) is 19.3 Å². The summed E-state index contributed by atoms with van der Waals surface area (Å²) in [6.07, 6.45) is 73.9. The summed E-state index contributed by atoms with van der Waals surface area (Å²) in [5.41, 5.74) is 0. The van der Waals surface area contributed by atoms with Crippen LogP contribution in [0.4, 0.5) is 0 Å². The molecule has 0 saturated carbocycles. The molecule has 0 rings (SSSR count). The molecule has 0 aliphatic carbocycles. The predicted molar refractivity (Wildman–Crippen MR) is 302 cm³/mol. The molecule has 70 heavy (non-hydrogen) atoms. The van der Waals surface area contributed by atoms with E-state index >= 15 is 0 Å². The van der Waals surface area contributed by atoms with E-state index in [0.717, 1.165) is 77.0 Å². The summed E-state index contributed by atoms with van der Waals surface area (Å²) in [7, 11) is 0. The van der Waals surface area contributed by atoms with Gasteiger partial charge in [-0.25, -0.2) is 0 Å². The number of rotatable bonds is 55. The van der Waals surface area contributed by atoms with Crippen LogP contribution < -0.4 is 0 Å². The van der Waals surface area contributed by atoms with Gasteiger partial charge in [0.05, 0.1) is 0 Å². The predicted octanol–water partition coefficient (Wildman–Crippen LogP) is 20.4. The highest BCUT2D eigenvalue weighted by molar-refractivity contribution is 5.71. The second-order valence-electron chi connectivity index (χ2n) is 20.2. The molecular weight excluding hydrogens is 865 g/mol. The summed E-state index contributed by atoms with van der Waals surface area (Å²) in [5, 5.41) is 0. The summed E-state index contributed by atoms with van der Waals surface area (Å²) in [4.78, 5) is 38.1. The van der Waals surface area contributed by atoms with Crippen LogP contribution in [-0.4, -0.2) is 37.2 Å². The van der Waals surface area contributed by atoms with Crippen LogP contribution in [-0.2, 0) is 28.6 Å². The molecule has 0 aliphatic heterocycles. The Morgan fingerprint density at radius 2 is 0.557 bits per heavy atom. The van der Waals surface area contributed by atoms with Crippen LogP contribution in [0.15, 0.2) is 60.8 Å². The first-order chi connectivity index (χ1) is 34.5. The molecule has 0 bridgehead atoms. The molecule has 0 saturated heterocycles. The molecule has 0 aliphatic rings. The van der Waals surface area contributed by atoms with Gasteiger partial charge in [-0.05, 0) is 83.5 Å². The van der Waals surface area contributed by atoms with Gasteiger partial charge >= 0.3 is 17.9 Å². The molecule has 0 radical (unpaired) electrons. The van der Waals surface area contributed by atoms with Crippen molar-refractivity contribution in [2.45, 2.75) is 316 Å². The minimum absolute atomic E-state index is 0.0879. The lowest BCUT2D eigenvalue weighted by atomic mass is 10.0. The van der Waals surface area contributed by atoms with Crippen molar-refractivity contribution in [3.05, 3.63) is 60.8 Å². The monoisotopic (exact) mass is 979 g/mol. The molecule has 0 aromatic heterocycles. The Bertz CT molecular complexity index is 1260. The molecule has 0 N–H and O–H groups in total. The number of carbonyl (C=O) groups excluding carboxylic acids is 3. The molecule has 6 heteroatoms. The van der Waals surface area contributed by atoms with Crippen molar-refractivity contribution in [3.63, 3.8) is 0 Å². The van der Waals surface area contributed by atoms with Crippen LogP contribution in [0.5, 0.6) is 0 Å². The topological polar surface area (TPSA) is 78.9 Å². The van der Waals surface area contributed by atoms with Gasteiger partial charge in [-0.15, -0.1) is 0 Å². The van der Waals surface area contributed by atoms with Crippen LogP contribution in [0.1, 0.15) is 310 Å². The molecule has 1 unspecified atom stereocenters. The maximum absolute atomic E-state index is 12.8. The first-order valence-corrected chi connectivity index (χ1v) is 30.3. The van der Waals surface area contributed by atoms with E-state index in [1.165, 1.54) is 186 Å². The van der Waals surface area contributed by atoms with Crippen molar-refractivity contribution in [1.82, 2.24) is 0 Å². The average Bonchev–Trinajstić information content (AvgIpc) is 3.36. The molecule has 0 aromatic rings. The van der Waals surface area contributed by atoms with Crippen molar-refractivity contribution in [3.8, 4) is 0 Å². The molecule has 0 spiro atoms. The van der Waals surface area contributed by atoms with Crippen LogP contribution in [0.2, 0.25) is 0 Å². The van der Waals surface area contributed by atoms with Crippen LogP contribution in [0.25, 0.3) is 0 Å². The number of hydrogen-bond acceptors (Lipinski definition) is 6. The molecule has 6 nitrogen and oxygen atoms in total. The minimum Gasteiger partial charge on any atom is -0.462 e. The average molecular weight is 980 g/mol. The molecule has 1 atom stereocenters. The number of unbranched alkanes of at least 4 members (excludes halogenated alkanes) is 34. The lowest BCUT2D eigenvalue weighted by molar-refractivity contribution is -0.167. The van der Waals surface area contributed by atoms with Crippen LogP contribution in [0.3, 0.4) is 0 Å². The summed E-state index contributed by atoms with van der Waals surface area (Å²) in [6, 6.07) is 0. The Hall–Kier alpha value is -2.89. The zero-order valence-electron chi connectivity index (χ0n) is 46.5. The Labute approximate surface area is 434 Å². The highest BCUT2D eigenvalue weighted by Gasteiger charge is 2.19. The first-order valence-electron chi connectivity index (χ1n) is 30.3. The minimum atomic E-state index is -0.793. The Morgan fingerprint density at radius 1 is 0.300 bits per heavy atom. The summed E-state index contributed by atoms with van der Waals surface area (Å²) < 4.78 is 16.8. The summed E-state index contributed by atoms with van der Waals surface area (Å²) in [6.45, 7) is 6.51. The third-order valence-electron chi connectivity index (χ3n) is 13.3. The first kappa shape index (κ1) is 67.1. The van der Waals surface area contributed by atoms with Crippen LogP contribution >= 0.6 is 0 Å². The fraction of sp³-hybridized carbons (Fsp3) is 0.797. The van der Waals surface area contributed by atoms with E-state index in [1.54, 1.807) is 0 Å². The van der Waals surface area contributed by atoms with E-state index in [9.17, 15) is 14.4 Å². The zero-order valence-corrected chi connectivity index (χ0v) is 46.5. The van der Waals surface area contributed by atoms with Gasteiger partial charge in [0.25, 0.3) is 0 Å². The number of allylic oxidation sites excluding steroid dienone is 10. The molecule has 0 amide bonds. The molecule has 406 valence electrons. The van der Waals surface area contributed by atoms with E-state index in [1.807, 2.05) is 0 Å². The largest absolute Gasteiger partial charge is 0.462 e. The normalized spacial score (nSPS) is 12.4. The summed E-state index contributed by atoms with van der Waals surface area (Å²) in [5.74, 6) is -0.919. The third-order valence-corrected chi connectivity index (χ3v) is 13.3. The SMILES string of the molecule is CC/C=C\C/C=C\C/C=C\C/C=C\CCCCC(=O)OC(COC(=O)CCCCCCCCCCCC)COC(=O)CCCCCCCCCCCCCCCCC/C=C\CCCCCCCCCC. The van der Waals surface area contributed by atoms with Gasteiger partial charge in [0.2, 0.25) is 0 Å². The number of hydrogen-bond donors (Lipinski definition) is 0. The zero-order chi connectivity index (χ0) is 50.7. The van der Waals surface area contributed by atoms with E-state index in [-0.39, 0.29) is 37.5 Å². The highest BCUT2D eigenvalue weighted by Crippen LogP contribution is 2.16. The van der Waals surface area contributed by atoms with Gasteiger partial charge in [-0.2, -0.15) is 0 Å². The van der Waals surface area contributed by atoms with Gasteiger partial charge in [0, 0.05) is 19.3 Å². The molecular formula is C64H114O6. The lowest BCUT2D eigenvalue weighted by Crippen LogP contribution is -2.30. The Balaban J connectivity index is 4.19. The quantitative estimate of drug-likeness (QED) is 0.0261. The van der Waals surface area contributed by atoms with Gasteiger partial charge < -0.3 is 14.2 Å². The van der Waals surface area contributed by atoms with Gasteiger partial charge in [-0.3, -0.25) is 14.4 Å². The lowest BCUT2D eigenvalue weighted by Gasteiger charge is -2.18. The van der Waals surface area contributed by atoms with Gasteiger partial charge in [0.1, 0.15) is 13.2 Å². The fourth-order valence-electron chi connectivity index (χ4n) is 8.72. The van der Waals surface area contributed by atoms with E-state index < -0.39 is 6.10 Å². The number of carbonyl (C=O) groups is 3. The van der Waals surface area contributed by atoms with Crippen LogP contribution in [0, 0.1) is 0 Å². The Kier molecular flexibility index (Phi) is 56.3. The summed E-state index contributed by atoms with van der Waals surface area (Å²) >= 11 is 0. The van der Waals surface area contributed by atoms with Gasteiger partial charge in [0.15, 0.2) is 6.10 Å². The molecule has 0 aromatic carbocycles. The van der Waals surface area contributed by atoms with E-state index in [2.05, 4.69) is 81.5 Å². The van der Waals surface area contributed by atoms with Crippen molar-refractivity contribution in [2.24, 2.45) is 0 Å². The third kappa shape index (κ3) is 56.0. The smallest absolute Gasteiger partial charge is 0.306 e. The molecule has 0 fully saturated rings. The second-order valence-corrected chi connectivity index (χ2v) is 20.2. The fourth-order valence-corrected chi connectivity index (χ4v) is 8.72. The highest BCUT2D eigenvalue weighted by atomic mass is 16.6. The maximum Gasteiger partial charge on any atom is 0.306 e. The maximum atomic E-state index is 12.8. The standard InChI is InChI=1S/C64H114O6/c1-4-7-10-13-16-19-22-24-26-27-28-29-30-31-32-33-34-35-36-37-39-40-42-45-48-51-54-57-63(66)69-60-61(59-68-62(65)56-53-50-47-44-21-18-15-12-9-6-3)70-64(67)58-55-52-49-46-43-41-38-25-23-20-17-14-11-8-5-2/h8,11,17,20,25,27-28,38,43,46,61H,4-7,9-10,12-16,18-19,21-24,26,29-37,39-42,44-45,47-60H2,1-3H3/b11-8-,20-17-,28-27-,38-25-,46-43-. The second kappa shape index (κ2) is 58.7. The van der Waals surface area contributed by atoms with Crippen molar-refractivity contribution in [2.75, 3.05) is 13.2 Å². The van der Waals surface area contributed by atoms with Crippen molar-refractivity contribution >= 4 is 17.9 Å². The molecule has 0 heterocycles. The van der Waals surface area contributed by atoms with Crippen molar-refractivity contribution < 1.29 is 28.6 Å². The number of ether oxygens (including phenoxy) is 3. The van der Waals surface area contributed by atoms with Gasteiger partial charge in [-0.1, -0.05) is 268 Å².